The molecule has 0 spiro atoms. The molecule has 5 nitrogen and oxygen atoms in total. The van der Waals surface area contributed by atoms with Gasteiger partial charge in [0.2, 0.25) is 0 Å². The van der Waals surface area contributed by atoms with Crippen LogP contribution in [0.15, 0.2) is 72.8 Å². The van der Waals surface area contributed by atoms with Crippen LogP contribution in [0.3, 0.4) is 0 Å². The minimum Gasteiger partial charge on any atom is -0.496 e. The third-order valence-electron chi connectivity index (χ3n) is 5.43. The van der Waals surface area contributed by atoms with E-state index in [0.29, 0.717) is 6.61 Å². The topological polar surface area (TPSA) is 40.2 Å². The largest absolute Gasteiger partial charge is 0.496 e. The van der Waals surface area contributed by atoms with Gasteiger partial charge < -0.3 is 18.9 Å². The van der Waals surface area contributed by atoms with Gasteiger partial charge >= 0.3 is 0 Å². The van der Waals surface area contributed by atoms with E-state index in [1.54, 1.807) is 7.11 Å². The molecule has 1 fully saturated rings. The van der Waals surface area contributed by atoms with Crippen LogP contribution >= 0.6 is 0 Å². The van der Waals surface area contributed by atoms with Gasteiger partial charge in [0.05, 0.1) is 24.9 Å². The molecule has 32 heavy (non-hydrogen) atoms. The molecule has 0 radical (unpaired) electrons. The summed E-state index contributed by atoms with van der Waals surface area (Å²) in [5.74, 6) is 3.22. The molecule has 0 bridgehead atoms. The molecule has 0 aliphatic carbocycles. The number of rotatable bonds is 8. The number of hydrogen-bond acceptors (Lipinski definition) is 5. The van der Waals surface area contributed by atoms with E-state index in [-0.39, 0.29) is 11.8 Å². The van der Waals surface area contributed by atoms with Crippen LogP contribution in [0.25, 0.3) is 0 Å². The van der Waals surface area contributed by atoms with Crippen molar-refractivity contribution in [2.75, 3.05) is 20.3 Å². The third-order valence-corrected chi connectivity index (χ3v) is 5.43. The number of hydrogen-bond donors (Lipinski definition) is 0. The standard InChI is InChI=1S/C27H31NO4/c1-5-30-24-13-9-12-23(29-4)25(24)26-28(19-27(2,3)32-26)18-20-14-16-22(17-15-20)31-21-10-7-6-8-11-21/h6-17,26H,5,18-19H2,1-4H3. The van der Waals surface area contributed by atoms with Gasteiger partial charge in [-0.05, 0) is 62.7 Å². The van der Waals surface area contributed by atoms with Crippen LogP contribution in [0.4, 0.5) is 0 Å². The maximum Gasteiger partial charge on any atom is 0.145 e. The average molecular weight is 434 g/mol. The number of methoxy groups -OCH3 is 1. The van der Waals surface area contributed by atoms with Crippen molar-refractivity contribution in [3.05, 3.63) is 83.9 Å². The normalized spacial score (nSPS) is 17.8. The molecule has 1 unspecified atom stereocenters. The molecule has 0 saturated carbocycles. The molecule has 1 atom stereocenters. The van der Waals surface area contributed by atoms with Crippen LogP contribution in [-0.4, -0.2) is 30.8 Å². The molecule has 0 N–H and O–H groups in total. The van der Waals surface area contributed by atoms with E-state index < -0.39 is 0 Å². The maximum absolute atomic E-state index is 6.49. The predicted molar refractivity (Wildman–Crippen MR) is 125 cm³/mol. The smallest absolute Gasteiger partial charge is 0.145 e. The molecule has 0 amide bonds. The zero-order valence-corrected chi connectivity index (χ0v) is 19.2. The summed E-state index contributed by atoms with van der Waals surface area (Å²) < 4.78 is 24.0. The van der Waals surface area contributed by atoms with Gasteiger partial charge in [-0.15, -0.1) is 0 Å². The Hall–Kier alpha value is -3.02. The van der Waals surface area contributed by atoms with Gasteiger partial charge in [-0.1, -0.05) is 36.4 Å². The summed E-state index contributed by atoms with van der Waals surface area (Å²) in [5, 5.41) is 0. The van der Waals surface area contributed by atoms with Gasteiger partial charge in [0, 0.05) is 13.1 Å². The monoisotopic (exact) mass is 433 g/mol. The molecule has 3 aromatic rings. The summed E-state index contributed by atoms with van der Waals surface area (Å²) in [6.45, 7) is 8.34. The van der Waals surface area contributed by atoms with Crippen molar-refractivity contribution in [3.63, 3.8) is 0 Å². The Morgan fingerprint density at radius 1 is 0.906 bits per heavy atom. The first-order chi connectivity index (χ1) is 15.5. The molecule has 1 aliphatic rings. The van der Waals surface area contributed by atoms with Crippen LogP contribution in [-0.2, 0) is 11.3 Å². The summed E-state index contributed by atoms with van der Waals surface area (Å²) in [6.07, 6.45) is -0.261. The first-order valence-electron chi connectivity index (χ1n) is 11.0. The lowest BCUT2D eigenvalue weighted by Crippen LogP contribution is -2.28. The van der Waals surface area contributed by atoms with E-state index in [1.807, 2.05) is 67.6 Å². The second kappa shape index (κ2) is 9.63. The van der Waals surface area contributed by atoms with Crippen molar-refractivity contribution < 1.29 is 18.9 Å². The summed E-state index contributed by atoms with van der Waals surface area (Å²) >= 11 is 0. The van der Waals surface area contributed by atoms with Crippen molar-refractivity contribution >= 4 is 0 Å². The Morgan fingerprint density at radius 2 is 1.59 bits per heavy atom. The molecule has 168 valence electrons. The van der Waals surface area contributed by atoms with Gasteiger partial charge in [-0.2, -0.15) is 0 Å². The van der Waals surface area contributed by atoms with Gasteiger partial charge in [0.1, 0.15) is 29.2 Å². The lowest BCUT2D eigenvalue weighted by atomic mass is 10.1. The van der Waals surface area contributed by atoms with Gasteiger partial charge in [0.15, 0.2) is 0 Å². The number of benzene rings is 3. The molecule has 1 saturated heterocycles. The zero-order valence-electron chi connectivity index (χ0n) is 19.2. The van der Waals surface area contributed by atoms with E-state index in [1.165, 1.54) is 5.56 Å². The number of para-hydroxylation sites is 1. The zero-order chi connectivity index (χ0) is 22.6. The Morgan fingerprint density at radius 3 is 2.28 bits per heavy atom. The SMILES string of the molecule is CCOc1cccc(OC)c1C1OC(C)(C)CN1Cc1ccc(Oc2ccccc2)cc1. The molecule has 3 aromatic carbocycles. The van der Waals surface area contributed by atoms with Crippen molar-refractivity contribution in [3.8, 4) is 23.0 Å². The minimum absolute atomic E-state index is 0.261. The summed E-state index contributed by atoms with van der Waals surface area (Å²) in [6, 6.07) is 23.9. The molecule has 0 aromatic heterocycles. The molecular formula is C27H31NO4. The summed E-state index contributed by atoms with van der Waals surface area (Å²) in [4.78, 5) is 2.33. The maximum atomic E-state index is 6.49. The van der Waals surface area contributed by atoms with Crippen LogP contribution in [0, 0.1) is 0 Å². The van der Waals surface area contributed by atoms with Crippen molar-refractivity contribution in [2.45, 2.75) is 39.1 Å². The average Bonchev–Trinajstić information content (AvgIpc) is 3.09. The van der Waals surface area contributed by atoms with E-state index in [0.717, 1.165) is 41.7 Å². The van der Waals surface area contributed by atoms with Crippen LogP contribution in [0.1, 0.15) is 38.1 Å². The van der Waals surface area contributed by atoms with Crippen LogP contribution < -0.4 is 14.2 Å². The van der Waals surface area contributed by atoms with E-state index in [4.69, 9.17) is 18.9 Å². The van der Waals surface area contributed by atoms with Crippen LogP contribution in [0.2, 0.25) is 0 Å². The highest BCUT2D eigenvalue weighted by Gasteiger charge is 2.41. The van der Waals surface area contributed by atoms with Crippen molar-refractivity contribution in [1.29, 1.82) is 0 Å². The fourth-order valence-corrected chi connectivity index (χ4v) is 4.11. The number of ether oxygens (including phenoxy) is 4. The van der Waals surface area contributed by atoms with E-state index >= 15 is 0 Å². The molecular weight excluding hydrogens is 402 g/mol. The van der Waals surface area contributed by atoms with E-state index in [2.05, 4.69) is 30.9 Å². The summed E-state index contributed by atoms with van der Waals surface area (Å²) in [5.41, 5.74) is 1.83. The van der Waals surface area contributed by atoms with E-state index in [9.17, 15) is 0 Å². The fourth-order valence-electron chi connectivity index (χ4n) is 4.11. The Balaban J connectivity index is 1.56. The van der Waals surface area contributed by atoms with Crippen molar-refractivity contribution in [1.82, 2.24) is 4.90 Å². The molecule has 5 heteroatoms. The number of nitrogens with zero attached hydrogens (tertiary/aromatic N) is 1. The quantitative estimate of drug-likeness (QED) is 0.423. The molecule has 4 rings (SSSR count). The fraction of sp³-hybridized carbons (Fsp3) is 0.333. The lowest BCUT2D eigenvalue weighted by Gasteiger charge is -2.26. The van der Waals surface area contributed by atoms with Gasteiger partial charge in [0.25, 0.3) is 0 Å². The summed E-state index contributed by atoms with van der Waals surface area (Å²) in [7, 11) is 1.68. The second-order valence-electron chi connectivity index (χ2n) is 8.50. The first-order valence-corrected chi connectivity index (χ1v) is 11.0. The predicted octanol–water partition coefficient (Wildman–Crippen LogP) is 6.20. The molecule has 1 aliphatic heterocycles. The van der Waals surface area contributed by atoms with Crippen LogP contribution in [0.5, 0.6) is 23.0 Å². The lowest BCUT2D eigenvalue weighted by molar-refractivity contribution is -0.0446. The Bertz CT molecular complexity index is 1020. The first kappa shape index (κ1) is 22.2. The van der Waals surface area contributed by atoms with Gasteiger partial charge in [-0.3, -0.25) is 4.90 Å². The van der Waals surface area contributed by atoms with Crippen molar-refractivity contribution in [2.24, 2.45) is 0 Å². The third kappa shape index (κ3) is 5.06. The highest BCUT2D eigenvalue weighted by molar-refractivity contribution is 5.47. The Labute approximate surface area is 190 Å². The second-order valence-corrected chi connectivity index (χ2v) is 8.50. The highest BCUT2D eigenvalue weighted by Crippen LogP contribution is 2.44. The highest BCUT2D eigenvalue weighted by atomic mass is 16.5. The van der Waals surface area contributed by atoms with Gasteiger partial charge in [-0.25, -0.2) is 0 Å². The Kier molecular flexibility index (Phi) is 6.68. The molecule has 1 heterocycles. The minimum atomic E-state index is -0.286.